The van der Waals surface area contributed by atoms with Crippen LogP contribution < -0.4 is 16.0 Å². The van der Waals surface area contributed by atoms with Crippen molar-refractivity contribution in [1.82, 2.24) is 20.9 Å². The minimum Gasteiger partial charge on any atom is -0.314 e. The fourth-order valence-electron chi connectivity index (χ4n) is 3.23. The van der Waals surface area contributed by atoms with Gasteiger partial charge in [-0.3, -0.25) is 0 Å². The normalized spacial score (nSPS) is 26.5. The van der Waals surface area contributed by atoms with Crippen LogP contribution in [0.2, 0.25) is 0 Å². The van der Waals surface area contributed by atoms with E-state index in [9.17, 15) is 0 Å². The minimum absolute atomic E-state index is 1.02. The first-order valence-electron chi connectivity index (χ1n) is 8.29. The van der Waals surface area contributed by atoms with E-state index < -0.39 is 0 Å². The summed E-state index contributed by atoms with van der Waals surface area (Å²) in [7, 11) is 0. The summed E-state index contributed by atoms with van der Waals surface area (Å²) < 4.78 is 0. The molecule has 0 unspecified atom stereocenters. The Hall–Kier alpha value is -0.160. The molecular weight excluding hydrogens is 236 g/mol. The monoisotopic (exact) mass is 268 g/mol. The maximum absolute atomic E-state index is 3.41. The van der Waals surface area contributed by atoms with Gasteiger partial charge in [-0.25, -0.2) is 0 Å². The van der Waals surface area contributed by atoms with Gasteiger partial charge in [-0.2, -0.15) is 0 Å². The Labute approximate surface area is 118 Å². The first kappa shape index (κ1) is 15.2. The molecule has 0 aromatic rings. The van der Waals surface area contributed by atoms with Crippen molar-refractivity contribution >= 4 is 0 Å². The summed E-state index contributed by atoms with van der Waals surface area (Å²) in [6, 6.07) is 0. The lowest BCUT2D eigenvalue weighted by molar-refractivity contribution is 0.182. The first-order chi connectivity index (χ1) is 9.45. The van der Waals surface area contributed by atoms with Gasteiger partial charge >= 0.3 is 0 Å². The standard InChI is InChI=1S/C11H22N2.C4H10N2/c1-2-4-11(5-3-1)10-13-8-6-12-7-9-13;1-2-6-4-3-5-1/h11-12H,1-10H2;5-6H,1-4H2. The van der Waals surface area contributed by atoms with Gasteiger partial charge in [0.15, 0.2) is 0 Å². The van der Waals surface area contributed by atoms with E-state index in [-0.39, 0.29) is 0 Å². The van der Waals surface area contributed by atoms with Crippen LogP contribution in [0.25, 0.3) is 0 Å². The van der Waals surface area contributed by atoms with E-state index in [0.717, 1.165) is 32.1 Å². The Balaban J connectivity index is 0.000000186. The van der Waals surface area contributed by atoms with Crippen LogP contribution in [0.4, 0.5) is 0 Å². The third-order valence-corrected chi connectivity index (χ3v) is 4.41. The largest absolute Gasteiger partial charge is 0.314 e. The average molecular weight is 268 g/mol. The Morgan fingerprint density at radius 1 is 0.684 bits per heavy atom. The second kappa shape index (κ2) is 9.70. The molecule has 0 spiro atoms. The van der Waals surface area contributed by atoms with E-state index in [1.165, 1.54) is 64.8 Å². The molecule has 1 aliphatic carbocycles. The Morgan fingerprint density at radius 3 is 1.74 bits per heavy atom. The highest BCUT2D eigenvalue weighted by atomic mass is 15.2. The summed E-state index contributed by atoms with van der Waals surface area (Å²) in [6.07, 6.45) is 7.43. The average Bonchev–Trinajstić information content (AvgIpc) is 2.52. The Morgan fingerprint density at radius 2 is 1.21 bits per heavy atom. The van der Waals surface area contributed by atoms with Gasteiger partial charge in [0.25, 0.3) is 0 Å². The molecule has 4 heteroatoms. The van der Waals surface area contributed by atoms with Gasteiger partial charge in [-0.15, -0.1) is 0 Å². The summed E-state index contributed by atoms with van der Waals surface area (Å²) >= 11 is 0. The highest BCUT2D eigenvalue weighted by molar-refractivity contribution is 4.73. The molecule has 0 amide bonds. The smallest absolute Gasteiger partial charge is 0.0107 e. The van der Waals surface area contributed by atoms with Gasteiger partial charge < -0.3 is 20.9 Å². The second-order valence-electron chi connectivity index (χ2n) is 6.05. The molecule has 0 radical (unpaired) electrons. The zero-order valence-corrected chi connectivity index (χ0v) is 12.4. The minimum atomic E-state index is 1.02. The lowest BCUT2D eigenvalue weighted by atomic mass is 9.89. The van der Waals surface area contributed by atoms with Crippen LogP contribution in [0.5, 0.6) is 0 Å². The van der Waals surface area contributed by atoms with Crippen molar-refractivity contribution in [1.29, 1.82) is 0 Å². The maximum Gasteiger partial charge on any atom is 0.0107 e. The van der Waals surface area contributed by atoms with Crippen molar-refractivity contribution in [3.8, 4) is 0 Å². The lowest BCUT2D eigenvalue weighted by Gasteiger charge is -2.32. The van der Waals surface area contributed by atoms with E-state index in [2.05, 4.69) is 20.9 Å². The number of hydrogen-bond donors (Lipinski definition) is 3. The van der Waals surface area contributed by atoms with Gasteiger partial charge in [0.1, 0.15) is 0 Å². The van der Waals surface area contributed by atoms with Gasteiger partial charge in [-0.05, 0) is 18.8 Å². The van der Waals surface area contributed by atoms with Crippen LogP contribution in [0.1, 0.15) is 32.1 Å². The van der Waals surface area contributed by atoms with Crippen molar-refractivity contribution in [2.24, 2.45) is 5.92 Å². The van der Waals surface area contributed by atoms with E-state index in [1.54, 1.807) is 0 Å². The molecule has 3 rings (SSSR count). The molecule has 112 valence electrons. The van der Waals surface area contributed by atoms with E-state index in [1.807, 2.05) is 0 Å². The van der Waals surface area contributed by atoms with Crippen LogP contribution >= 0.6 is 0 Å². The molecule has 2 saturated heterocycles. The van der Waals surface area contributed by atoms with Crippen LogP contribution in [0.15, 0.2) is 0 Å². The van der Waals surface area contributed by atoms with Gasteiger partial charge in [0.2, 0.25) is 0 Å². The highest BCUT2D eigenvalue weighted by Gasteiger charge is 2.18. The predicted octanol–water partition coefficient (Wildman–Crippen LogP) is 0.651. The fourth-order valence-corrected chi connectivity index (χ4v) is 3.23. The molecule has 0 bridgehead atoms. The summed E-state index contributed by atoms with van der Waals surface area (Å²) in [5.41, 5.74) is 0. The van der Waals surface area contributed by atoms with Crippen molar-refractivity contribution in [3.05, 3.63) is 0 Å². The third kappa shape index (κ3) is 6.70. The van der Waals surface area contributed by atoms with Gasteiger partial charge in [0, 0.05) is 58.9 Å². The molecule has 2 aliphatic heterocycles. The fraction of sp³-hybridized carbons (Fsp3) is 1.00. The number of hydrogen-bond acceptors (Lipinski definition) is 4. The number of nitrogens with zero attached hydrogens (tertiary/aromatic N) is 1. The summed E-state index contributed by atoms with van der Waals surface area (Å²) in [4.78, 5) is 2.65. The van der Waals surface area contributed by atoms with Gasteiger partial charge in [0.05, 0.1) is 0 Å². The zero-order chi connectivity index (χ0) is 13.2. The SMILES string of the molecule is C1CCC(CN2CCNCC2)CC1.C1CNCCN1. The van der Waals surface area contributed by atoms with Gasteiger partial charge in [-0.1, -0.05) is 19.3 Å². The van der Waals surface area contributed by atoms with Crippen molar-refractivity contribution in [2.75, 3.05) is 58.9 Å². The molecule has 0 aromatic carbocycles. The van der Waals surface area contributed by atoms with Crippen LogP contribution in [-0.4, -0.2) is 63.8 Å². The maximum atomic E-state index is 3.41. The van der Waals surface area contributed by atoms with Crippen LogP contribution in [-0.2, 0) is 0 Å². The molecule has 3 fully saturated rings. The topological polar surface area (TPSA) is 39.3 Å². The molecule has 1 saturated carbocycles. The molecule has 2 heterocycles. The molecule has 4 nitrogen and oxygen atoms in total. The predicted molar refractivity (Wildman–Crippen MR) is 81.6 cm³/mol. The van der Waals surface area contributed by atoms with E-state index in [0.29, 0.717) is 0 Å². The van der Waals surface area contributed by atoms with Crippen LogP contribution in [0, 0.1) is 5.92 Å². The van der Waals surface area contributed by atoms with E-state index >= 15 is 0 Å². The lowest BCUT2D eigenvalue weighted by Crippen LogP contribution is -2.45. The molecular formula is C15H32N4. The molecule has 0 atom stereocenters. The van der Waals surface area contributed by atoms with E-state index in [4.69, 9.17) is 0 Å². The van der Waals surface area contributed by atoms with Crippen molar-refractivity contribution < 1.29 is 0 Å². The zero-order valence-electron chi connectivity index (χ0n) is 12.4. The van der Waals surface area contributed by atoms with Crippen molar-refractivity contribution in [3.63, 3.8) is 0 Å². The summed E-state index contributed by atoms with van der Waals surface area (Å²) in [5, 5.41) is 9.85. The number of nitrogens with one attached hydrogen (secondary N) is 3. The number of rotatable bonds is 2. The number of piperazine rings is 2. The quantitative estimate of drug-likeness (QED) is 0.688. The first-order valence-corrected chi connectivity index (χ1v) is 8.29. The highest BCUT2D eigenvalue weighted by Crippen LogP contribution is 2.24. The van der Waals surface area contributed by atoms with Crippen LogP contribution in [0.3, 0.4) is 0 Å². The molecule has 0 aromatic heterocycles. The molecule has 3 N–H and O–H groups in total. The Bertz CT molecular complexity index is 179. The molecule has 3 aliphatic rings. The summed E-state index contributed by atoms with van der Waals surface area (Å²) in [6.45, 7) is 10.9. The second-order valence-corrected chi connectivity index (χ2v) is 6.05. The molecule has 19 heavy (non-hydrogen) atoms. The van der Waals surface area contributed by atoms with Crippen molar-refractivity contribution in [2.45, 2.75) is 32.1 Å². The summed E-state index contributed by atoms with van der Waals surface area (Å²) in [5.74, 6) is 1.02. The third-order valence-electron chi connectivity index (χ3n) is 4.41. The Kier molecular flexibility index (Phi) is 7.78.